The van der Waals surface area contributed by atoms with Crippen molar-refractivity contribution in [2.75, 3.05) is 18.9 Å². The maximum Gasteiger partial charge on any atom is 0.254 e. The van der Waals surface area contributed by atoms with E-state index in [4.69, 9.17) is 4.74 Å². The van der Waals surface area contributed by atoms with Crippen LogP contribution in [0.1, 0.15) is 39.3 Å². The summed E-state index contributed by atoms with van der Waals surface area (Å²) in [6.07, 6.45) is 2.20. The number of carbonyl (C=O) groups excluding carboxylic acids is 1. The molecule has 0 spiro atoms. The van der Waals surface area contributed by atoms with Crippen LogP contribution in [0.15, 0.2) is 16.0 Å². The van der Waals surface area contributed by atoms with Gasteiger partial charge >= 0.3 is 0 Å². The summed E-state index contributed by atoms with van der Waals surface area (Å²) in [6, 6.07) is 1.59. The summed E-state index contributed by atoms with van der Waals surface area (Å²) < 4.78 is 7.15. The highest BCUT2D eigenvalue weighted by molar-refractivity contribution is 7.99. The zero-order valence-electron chi connectivity index (χ0n) is 14.5. The fourth-order valence-electron chi connectivity index (χ4n) is 2.92. The zero-order chi connectivity index (χ0) is 17.3. The van der Waals surface area contributed by atoms with Gasteiger partial charge in [0.15, 0.2) is 5.16 Å². The van der Waals surface area contributed by atoms with E-state index >= 15 is 0 Å². The quantitative estimate of drug-likeness (QED) is 0.837. The molecule has 1 amide bonds. The minimum absolute atomic E-state index is 0.00421. The average molecular weight is 351 g/mol. The fourth-order valence-corrected chi connectivity index (χ4v) is 4.01. The highest BCUT2D eigenvalue weighted by Gasteiger charge is 2.29. The van der Waals surface area contributed by atoms with E-state index in [2.05, 4.69) is 10.3 Å². The first-order chi connectivity index (χ1) is 11.3. The van der Waals surface area contributed by atoms with E-state index < -0.39 is 0 Å². The number of nitrogens with one attached hydrogen (secondary N) is 1. The third-order valence-electron chi connectivity index (χ3n) is 4.46. The minimum atomic E-state index is -0.205. The molecule has 7 heteroatoms. The largest absolute Gasteiger partial charge is 0.376 e. The third-order valence-corrected chi connectivity index (χ3v) is 5.60. The van der Waals surface area contributed by atoms with Gasteiger partial charge in [0.2, 0.25) is 5.91 Å². The second-order valence-corrected chi connectivity index (χ2v) is 8.50. The van der Waals surface area contributed by atoms with Gasteiger partial charge < -0.3 is 10.1 Å². The first-order valence-corrected chi connectivity index (χ1v) is 9.47. The van der Waals surface area contributed by atoms with Crippen molar-refractivity contribution in [2.45, 2.75) is 56.8 Å². The van der Waals surface area contributed by atoms with Gasteiger partial charge in [0, 0.05) is 36.9 Å². The van der Waals surface area contributed by atoms with Crippen molar-refractivity contribution in [1.82, 2.24) is 14.9 Å². The van der Waals surface area contributed by atoms with Gasteiger partial charge in [0.05, 0.1) is 17.7 Å². The van der Waals surface area contributed by atoms with Gasteiger partial charge in [0.25, 0.3) is 5.56 Å². The Morgan fingerprint density at radius 3 is 2.96 bits per heavy atom. The van der Waals surface area contributed by atoms with E-state index in [1.54, 1.807) is 10.6 Å². The molecule has 0 unspecified atom stereocenters. The molecule has 0 aliphatic carbocycles. The molecule has 2 aliphatic rings. The molecule has 0 bridgehead atoms. The molecule has 0 aromatic carbocycles. The van der Waals surface area contributed by atoms with E-state index in [0.717, 1.165) is 30.3 Å². The lowest BCUT2D eigenvalue weighted by Crippen LogP contribution is -2.42. The molecule has 24 heavy (non-hydrogen) atoms. The Balaban J connectivity index is 1.67. The normalized spacial score (nSPS) is 23.8. The third kappa shape index (κ3) is 3.83. The standard InChI is InChI=1S/C17H25N3O3S/c1-17(2,3)13-7-14(21)20-9-11(10-24-16(20)19-13)15(22)18-8-12-5-4-6-23-12/h7,11-12H,4-6,8-10H2,1-3H3,(H,18,22)/t11-,12-/m0/s1. The molecule has 3 heterocycles. The summed E-state index contributed by atoms with van der Waals surface area (Å²) >= 11 is 1.49. The molecule has 1 N–H and O–H groups in total. The van der Waals surface area contributed by atoms with Gasteiger partial charge in [-0.3, -0.25) is 14.2 Å². The number of ether oxygens (including phenoxy) is 1. The maximum absolute atomic E-state index is 12.4. The van der Waals surface area contributed by atoms with E-state index in [9.17, 15) is 9.59 Å². The van der Waals surface area contributed by atoms with E-state index in [0.29, 0.717) is 18.8 Å². The highest BCUT2D eigenvalue weighted by Crippen LogP contribution is 2.28. The van der Waals surface area contributed by atoms with Crippen LogP contribution in [-0.2, 0) is 21.5 Å². The van der Waals surface area contributed by atoms with Gasteiger partial charge in [-0.25, -0.2) is 4.98 Å². The van der Waals surface area contributed by atoms with Crippen LogP contribution in [0.5, 0.6) is 0 Å². The predicted molar refractivity (Wildman–Crippen MR) is 93.4 cm³/mol. The van der Waals surface area contributed by atoms with Crippen molar-refractivity contribution in [1.29, 1.82) is 0 Å². The molecule has 2 atom stereocenters. The van der Waals surface area contributed by atoms with Crippen LogP contribution < -0.4 is 10.9 Å². The van der Waals surface area contributed by atoms with Gasteiger partial charge in [-0.05, 0) is 12.8 Å². The van der Waals surface area contributed by atoms with E-state index in [1.807, 2.05) is 20.8 Å². The van der Waals surface area contributed by atoms with Crippen LogP contribution in [-0.4, -0.2) is 40.5 Å². The average Bonchev–Trinajstić information content (AvgIpc) is 3.04. The molecule has 0 radical (unpaired) electrons. The summed E-state index contributed by atoms with van der Waals surface area (Å²) in [5, 5.41) is 3.69. The van der Waals surface area contributed by atoms with Crippen molar-refractivity contribution >= 4 is 17.7 Å². The van der Waals surface area contributed by atoms with Crippen LogP contribution in [0.25, 0.3) is 0 Å². The number of thioether (sulfide) groups is 1. The van der Waals surface area contributed by atoms with Gasteiger partial charge in [-0.2, -0.15) is 0 Å². The lowest BCUT2D eigenvalue weighted by atomic mass is 9.92. The number of rotatable bonds is 3. The zero-order valence-corrected chi connectivity index (χ0v) is 15.3. The maximum atomic E-state index is 12.4. The second-order valence-electron chi connectivity index (χ2n) is 7.51. The fraction of sp³-hybridized carbons (Fsp3) is 0.706. The number of nitrogens with zero attached hydrogens (tertiary/aromatic N) is 2. The number of aromatic nitrogens is 2. The number of hydrogen-bond acceptors (Lipinski definition) is 5. The molecule has 1 aromatic heterocycles. The number of hydrogen-bond donors (Lipinski definition) is 1. The molecule has 1 saturated heterocycles. The predicted octanol–water partition coefficient (Wildman–Crippen LogP) is 1.56. The molecule has 2 aliphatic heterocycles. The van der Waals surface area contributed by atoms with Crippen molar-refractivity contribution < 1.29 is 9.53 Å². The second kappa shape index (κ2) is 6.88. The smallest absolute Gasteiger partial charge is 0.254 e. The molecule has 1 fully saturated rings. The van der Waals surface area contributed by atoms with Crippen molar-refractivity contribution in [3.8, 4) is 0 Å². The number of carbonyl (C=O) groups is 1. The van der Waals surface area contributed by atoms with E-state index in [-0.39, 0.29) is 28.9 Å². The number of amides is 1. The Hall–Kier alpha value is -1.34. The molecule has 132 valence electrons. The van der Waals surface area contributed by atoms with E-state index in [1.165, 1.54) is 11.8 Å². The van der Waals surface area contributed by atoms with Crippen LogP contribution in [0.4, 0.5) is 0 Å². The highest BCUT2D eigenvalue weighted by atomic mass is 32.2. The topological polar surface area (TPSA) is 73.2 Å². The first-order valence-electron chi connectivity index (χ1n) is 8.49. The Labute approximate surface area is 146 Å². The van der Waals surface area contributed by atoms with Crippen molar-refractivity contribution in [2.24, 2.45) is 5.92 Å². The SMILES string of the molecule is CC(C)(C)c1cc(=O)n2c(n1)SC[C@@H](C(=O)NC[C@@H]1CCCO1)C2. The Morgan fingerprint density at radius 2 is 2.29 bits per heavy atom. The monoisotopic (exact) mass is 351 g/mol. The molecule has 3 rings (SSSR count). The molecule has 0 saturated carbocycles. The summed E-state index contributed by atoms with van der Waals surface area (Å²) in [6.45, 7) is 7.87. The van der Waals surface area contributed by atoms with Crippen molar-refractivity contribution in [3.05, 3.63) is 22.1 Å². The van der Waals surface area contributed by atoms with Gasteiger partial charge in [-0.15, -0.1) is 0 Å². The molecular formula is C17H25N3O3S. The minimum Gasteiger partial charge on any atom is -0.376 e. The van der Waals surface area contributed by atoms with Crippen LogP contribution in [0, 0.1) is 5.92 Å². The molecule has 6 nitrogen and oxygen atoms in total. The Bertz CT molecular complexity index is 675. The van der Waals surface area contributed by atoms with Crippen LogP contribution >= 0.6 is 11.8 Å². The Kier molecular flexibility index (Phi) is 5.01. The first kappa shape index (κ1) is 17.5. The van der Waals surface area contributed by atoms with Crippen LogP contribution in [0.3, 0.4) is 0 Å². The van der Waals surface area contributed by atoms with Gasteiger partial charge in [-0.1, -0.05) is 32.5 Å². The van der Waals surface area contributed by atoms with Gasteiger partial charge in [0.1, 0.15) is 0 Å². The lowest BCUT2D eigenvalue weighted by Gasteiger charge is -2.26. The molecule has 1 aromatic rings. The summed E-state index contributed by atoms with van der Waals surface area (Å²) in [5.74, 6) is 0.441. The number of fused-ring (bicyclic) bond motifs is 1. The lowest BCUT2D eigenvalue weighted by molar-refractivity contribution is -0.125. The summed E-state index contributed by atoms with van der Waals surface area (Å²) in [7, 11) is 0. The Morgan fingerprint density at radius 1 is 1.50 bits per heavy atom. The summed E-state index contributed by atoms with van der Waals surface area (Å²) in [4.78, 5) is 29.4. The van der Waals surface area contributed by atoms with Crippen LogP contribution in [0.2, 0.25) is 0 Å². The summed E-state index contributed by atoms with van der Waals surface area (Å²) in [5.41, 5.74) is 0.562. The van der Waals surface area contributed by atoms with Crippen molar-refractivity contribution in [3.63, 3.8) is 0 Å². The molecular weight excluding hydrogens is 326 g/mol.